The lowest BCUT2D eigenvalue weighted by Gasteiger charge is -2.37. The van der Waals surface area contributed by atoms with Crippen molar-refractivity contribution in [1.29, 1.82) is 0 Å². The molecule has 0 atom stereocenters. The van der Waals surface area contributed by atoms with Gasteiger partial charge < -0.3 is 30.2 Å². The molecule has 3 heterocycles. The molecule has 0 unspecified atom stereocenters. The van der Waals surface area contributed by atoms with Crippen LogP contribution in [-0.4, -0.2) is 83.6 Å². The zero-order chi connectivity index (χ0) is 29.6. The van der Waals surface area contributed by atoms with Crippen molar-refractivity contribution in [2.75, 3.05) is 51.4 Å². The number of amides is 3. The summed E-state index contributed by atoms with van der Waals surface area (Å²) in [5.74, 6) is -1.05. The lowest BCUT2D eigenvalue weighted by atomic mass is 9.96. The molecule has 13 heteroatoms. The quantitative estimate of drug-likeness (QED) is 0.363. The number of halogens is 3. The van der Waals surface area contributed by atoms with Gasteiger partial charge in [0.1, 0.15) is 11.6 Å². The van der Waals surface area contributed by atoms with E-state index in [2.05, 4.69) is 25.3 Å². The van der Waals surface area contributed by atoms with Gasteiger partial charge in [-0.05, 0) is 55.8 Å². The molecular formula is C29H31ClF2N6O4. The molecule has 3 aromatic rings. The van der Waals surface area contributed by atoms with Gasteiger partial charge in [-0.15, -0.1) is 0 Å². The lowest BCUT2D eigenvalue weighted by Crippen LogP contribution is -2.52. The maximum atomic E-state index is 14.3. The number of carbonyl (C=O) groups excluding carboxylic acids is 3. The highest BCUT2D eigenvalue weighted by Crippen LogP contribution is 2.25. The first-order valence-corrected chi connectivity index (χ1v) is 14.1. The van der Waals surface area contributed by atoms with Crippen molar-refractivity contribution in [3.05, 3.63) is 76.1 Å². The number of alkyl halides is 1. The molecule has 0 bridgehead atoms. The Bertz CT molecular complexity index is 1450. The minimum absolute atomic E-state index is 0.0102. The predicted molar refractivity (Wildman–Crippen MR) is 152 cm³/mol. The number of hydrogen-bond donors (Lipinski definition) is 3. The molecule has 0 radical (unpaired) electrons. The fraction of sp³-hybridized carbons (Fsp3) is 0.379. The molecule has 42 heavy (non-hydrogen) atoms. The van der Waals surface area contributed by atoms with Crippen molar-refractivity contribution in [2.24, 2.45) is 5.92 Å². The number of piperidine rings is 1. The summed E-state index contributed by atoms with van der Waals surface area (Å²) in [6.45, 7) is 2.46. The van der Waals surface area contributed by atoms with Crippen molar-refractivity contribution in [2.45, 2.75) is 19.3 Å². The van der Waals surface area contributed by atoms with Gasteiger partial charge in [-0.1, -0.05) is 17.7 Å². The molecule has 3 amide bonds. The van der Waals surface area contributed by atoms with E-state index in [4.69, 9.17) is 11.6 Å². The van der Waals surface area contributed by atoms with E-state index in [0.717, 1.165) is 32.0 Å². The van der Waals surface area contributed by atoms with Crippen LogP contribution in [0.3, 0.4) is 0 Å². The Morgan fingerprint density at radius 1 is 1.05 bits per heavy atom. The number of benzene rings is 2. The number of anilines is 1. The maximum Gasteiger partial charge on any atom is 0.291 e. The minimum atomic E-state index is -1.05. The lowest BCUT2D eigenvalue weighted by molar-refractivity contribution is -0.137. The van der Waals surface area contributed by atoms with Gasteiger partial charge in [-0.25, -0.2) is 13.8 Å². The summed E-state index contributed by atoms with van der Waals surface area (Å²) >= 11 is 6.44. The molecule has 10 nitrogen and oxygen atoms in total. The van der Waals surface area contributed by atoms with Gasteiger partial charge in [-0.3, -0.25) is 14.4 Å². The molecular weight excluding hydrogens is 570 g/mol. The van der Waals surface area contributed by atoms with Gasteiger partial charge in [0.2, 0.25) is 12.8 Å². The molecule has 3 N–H and O–H groups in total. The molecule has 5 rings (SSSR count). The number of rotatable bonds is 8. The highest BCUT2D eigenvalue weighted by molar-refractivity contribution is 6.34. The zero-order valence-electron chi connectivity index (χ0n) is 22.8. The van der Waals surface area contributed by atoms with Crippen LogP contribution in [0.1, 0.15) is 45.1 Å². The normalized spacial score (nSPS) is 15.9. The van der Waals surface area contributed by atoms with E-state index in [1.54, 1.807) is 17.0 Å². The number of aromatic amines is 1. The third-order valence-corrected chi connectivity index (χ3v) is 7.81. The second-order valence-electron chi connectivity index (χ2n) is 10.2. The van der Waals surface area contributed by atoms with Crippen LogP contribution in [0.2, 0.25) is 5.02 Å². The van der Waals surface area contributed by atoms with E-state index in [1.807, 2.05) is 4.90 Å². The summed E-state index contributed by atoms with van der Waals surface area (Å²) in [6, 6.07) is 8.64. The molecule has 2 aromatic carbocycles. The number of imidazole rings is 1. The average molecular weight is 601 g/mol. The van der Waals surface area contributed by atoms with Crippen molar-refractivity contribution >= 4 is 35.0 Å². The van der Waals surface area contributed by atoms with Crippen LogP contribution >= 0.6 is 11.6 Å². The zero-order valence-corrected chi connectivity index (χ0v) is 23.6. The Hall–Kier alpha value is -4.03. The molecule has 0 saturated carbocycles. The van der Waals surface area contributed by atoms with E-state index in [-0.39, 0.29) is 40.7 Å². The predicted octanol–water partition coefficient (Wildman–Crippen LogP) is 3.64. The summed E-state index contributed by atoms with van der Waals surface area (Å²) in [4.78, 5) is 49.2. The van der Waals surface area contributed by atoms with Crippen LogP contribution in [0, 0.1) is 11.7 Å². The number of piperazine rings is 1. The minimum Gasteiger partial charge on any atom is -0.463 e. The van der Waals surface area contributed by atoms with Crippen molar-refractivity contribution in [3.63, 3.8) is 0 Å². The number of aromatic nitrogens is 2. The number of carbonyl (C=O) groups is 3. The van der Waals surface area contributed by atoms with Gasteiger partial charge in [0.15, 0.2) is 5.82 Å². The van der Waals surface area contributed by atoms with Crippen LogP contribution in [-0.2, 0) is 11.2 Å². The molecule has 222 valence electrons. The van der Waals surface area contributed by atoms with E-state index in [1.165, 1.54) is 24.4 Å². The second kappa shape index (κ2) is 13.3. The number of H-pyrrole nitrogens is 1. The van der Waals surface area contributed by atoms with E-state index < -0.39 is 18.6 Å². The molecule has 2 saturated heterocycles. The van der Waals surface area contributed by atoms with E-state index in [9.17, 15) is 23.2 Å². The summed E-state index contributed by atoms with van der Waals surface area (Å²) in [5.41, 5.74) is 1.48. The fourth-order valence-electron chi connectivity index (χ4n) is 5.18. The first kappa shape index (κ1) is 29.5. The highest BCUT2D eigenvalue weighted by Gasteiger charge is 2.30. The number of nitrogens with zero attached hydrogens (tertiary/aromatic N) is 3. The van der Waals surface area contributed by atoms with Gasteiger partial charge >= 0.3 is 0 Å². The standard InChI is InChI=1S/C29H31ClF2N6O4/c30-24-14-20(36-27(39)26-34-16-21(35-26)13-19-1-3-22(42-17-31)15-25(19)32)2-4-23(24)29(41)38-11-9-37(10-12-38)28(40)18-5-7-33-8-6-18/h1-4,14-16,18,33H,5-13,17H2,(H,34,35)(H,36,39). The average Bonchev–Trinajstić information content (AvgIpc) is 3.47. The van der Waals surface area contributed by atoms with Gasteiger partial charge in [0, 0.05) is 62.2 Å². The van der Waals surface area contributed by atoms with Gasteiger partial charge in [0.05, 0.1) is 10.6 Å². The largest absolute Gasteiger partial charge is 0.463 e. The molecule has 2 aliphatic rings. The Balaban J connectivity index is 1.15. The summed E-state index contributed by atoms with van der Waals surface area (Å²) < 4.78 is 31.3. The SMILES string of the molecule is O=C(Nc1ccc(C(=O)N2CCN(C(=O)C3CCNCC3)CC2)c(Cl)c1)c1ncc(Cc2ccc(OCF)cc2F)[nH]1. The van der Waals surface area contributed by atoms with Crippen LogP contribution in [0.15, 0.2) is 42.6 Å². The smallest absolute Gasteiger partial charge is 0.291 e. The van der Waals surface area contributed by atoms with Crippen molar-refractivity contribution < 1.29 is 27.9 Å². The molecule has 0 aliphatic carbocycles. The third-order valence-electron chi connectivity index (χ3n) is 7.49. The number of nitrogens with one attached hydrogen (secondary N) is 3. The Labute approximate surface area is 246 Å². The Morgan fingerprint density at radius 2 is 1.79 bits per heavy atom. The fourth-order valence-corrected chi connectivity index (χ4v) is 5.44. The number of hydrogen-bond acceptors (Lipinski definition) is 6. The molecule has 2 aliphatic heterocycles. The molecule has 2 fully saturated rings. The third kappa shape index (κ3) is 6.88. The van der Waals surface area contributed by atoms with E-state index in [0.29, 0.717) is 48.7 Å². The maximum absolute atomic E-state index is 14.3. The van der Waals surface area contributed by atoms with Gasteiger partial charge in [-0.2, -0.15) is 0 Å². The van der Waals surface area contributed by atoms with Crippen LogP contribution in [0.5, 0.6) is 5.75 Å². The first-order valence-electron chi connectivity index (χ1n) is 13.7. The monoisotopic (exact) mass is 600 g/mol. The molecule has 1 aromatic heterocycles. The van der Waals surface area contributed by atoms with E-state index >= 15 is 0 Å². The van der Waals surface area contributed by atoms with Crippen LogP contribution < -0.4 is 15.4 Å². The second-order valence-corrected chi connectivity index (χ2v) is 10.6. The number of ether oxygens (including phenoxy) is 1. The van der Waals surface area contributed by atoms with Crippen LogP contribution in [0.25, 0.3) is 0 Å². The Morgan fingerprint density at radius 3 is 2.48 bits per heavy atom. The molecule has 0 spiro atoms. The van der Waals surface area contributed by atoms with Crippen LogP contribution in [0.4, 0.5) is 14.5 Å². The van der Waals surface area contributed by atoms with Gasteiger partial charge in [0.25, 0.3) is 11.8 Å². The topological polar surface area (TPSA) is 120 Å². The Kier molecular flexibility index (Phi) is 9.33. The van der Waals surface area contributed by atoms with Crippen molar-refractivity contribution in [3.8, 4) is 5.75 Å². The summed E-state index contributed by atoms with van der Waals surface area (Å²) in [6.07, 6.45) is 3.23. The summed E-state index contributed by atoms with van der Waals surface area (Å²) in [5, 5.41) is 6.14. The van der Waals surface area contributed by atoms with Crippen molar-refractivity contribution in [1.82, 2.24) is 25.1 Å². The first-order chi connectivity index (χ1) is 20.3. The highest BCUT2D eigenvalue weighted by atomic mass is 35.5. The summed E-state index contributed by atoms with van der Waals surface area (Å²) in [7, 11) is 0.